The Balaban J connectivity index is 2.41. The second kappa shape index (κ2) is 5.72. The van der Waals surface area contributed by atoms with Crippen molar-refractivity contribution in [2.24, 2.45) is 5.92 Å². The molecule has 1 fully saturated rings. The predicted octanol–water partition coefficient (Wildman–Crippen LogP) is 2.74. The van der Waals surface area contributed by atoms with E-state index < -0.39 is 0 Å². The minimum Gasteiger partial charge on any atom is -0.390 e. The largest absolute Gasteiger partial charge is 0.390 e. The minimum atomic E-state index is -0.383. The summed E-state index contributed by atoms with van der Waals surface area (Å²) in [7, 11) is 1.72. The van der Waals surface area contributed by atoms with Gasteiger partial charge in [-0.05, 0) is 31.6 Å². The maximum Gasteiger partial charge on any atom is 0.0676 e. The van der Waals surface area contributed by atoms with Gasteiger partial charge in [-0.25, -0.2) is 0 Å². The smallest absolute Gasteiger partial charge is 0.0676 e. The molecule has 2 heteroatoms. The molecule has 14 heavy (non-hydrogen) atoms. The van der Waals surface area contributed by atoms with E-state index in [0.717, 1.165) is 32.3 Å². The fraction of sp³-hybridized carbons (Fsp3) is 1.00. The Morgan fingerprint density at radius 1 is 1.43 bits per heavy atom. The van der Waals surface area contributed by atoms with E-state index in [0.29, 0.717) is 5.92 Å². The molecular weight excluding hydrogens is 176 g/mol. The van der Waals surface area contributed by atoms with Crippen molar-refractivity contribution < 1.29 is 9.84 Å². The van der Waals surface area contributed by atoms with Crippen LogP contribution in [0.15, 0.2) is 0 Å². The lowest BCUT2D eigenvalue weighted by Crippen LogP contribution is -2.40. The molecule has 2 nitrogen and oxygen atoms in total. The molecule has 0 radical (unpaired) electrons. The van der Waals surface area contributed by atoms with Gasteiger partial charge < -0.3 is 9.84 Å². The van der Waals surface area contributed by atoms with Crippen LogP contribution in [0.4, 0.5) is 0 Å². The number of hydrogen-bond acceptors (Lipinski definition) is 2. The second-order valence-electron chi connectivity index (χ2n) is 4.55. The van der Waals surface area contributed by atoms with Crippen molar-refractivity contribution in [3.8, 4) is 0 Å². The zero-order valence-corrected chi connectivity index (χ0v) is 9.59. The monoisotopic (exact) mass is 200 g/mol. The van der Waals surface area contributed by atoms with Gasteiger partial charge in [-0.15, -0.1) is 0 Å². The maximum atomic E-state index is 10.5. The van der Waals surface area contributed by atoms with Crippen molar-refractivity contribution in [2.45, 2.75) is 57.5 Å². The van der Waals surface area contributed by atoms with E-state index in [2.05, 4.69) is 6.92 Å². The third-order valence-corrected chi connectivity index (χ3v) is 3.62. The Morgan fingerprint density at radius 3 is 2.86 bits per heavy atom. The lowest BCUT2D eigenvalue weighted by atomic mass is 9.72. The van der Waals surface area contributed by atoms with E-state index in [-0.39, 0.29) is 5.60 Å². The topological polar surface area (TPSA) is 29.5 Å². The first-order valence-electron chi connectivity index (χ1n) is 5.94. The molecule has 0 aromatic rings. The summed E-state index contributed by atoms with van der Waals surface area (Å²) in [5, 5.41) is 10.5. The van der Waals surface area contributed by atoms with E-state index in [1.54, 1.807) is 7.11 Å². The zero-order chi connectivity index (χ0) is 10.4. The van der Waals surface area contributed by atoms with Crippen LogP contribution in [0.25, 0.3) is 0 Å². The molecular formula is C12H24O2. The molecule has 1 aliphatic rings. The van der Waals surface area contributed by atoms with Crippen LogP contribution in [-0.4, -0.2) is 24.4 Å². The van der Waals surface area contributed by atoms with Crippen molar-refractivity contribution in [3.05, 3.63) is 0 Å². The summed E-state index contributed by atoms with van der Waals surface area (Å²) in [5.74, 6) is 0.521. The highest BCUT2D eigenvalue weighted by Gasteiger charge is 2.36. The van der Waals surface area contributed by atoms with E-state index in [1.807, 2.05) is 0 Å². The molecule has 2 atom stereocenters. The molecule has 0 bridgehead atoms. The van der Waals surface area contributed by atoms with Crippen LogP contribution >= 0.6 is 0 Å². The number of methoxy groups -OCH3 is 1. The first-order chi connectivity index (χ1) is 6.73. The SMILES string of the molecule is CCC1CCCCC1(O)CCCOC. The molecule has 0 aliphatic heterocycles. The zero-order valence-electron chi connectivity index (χ0n) is 9.59. The highest BCUT2D eigenvalue weighted by molar-refractivity contribution is 4.89. The van der Waals surface area contributed by atoms with Crippen LogP contribution in [0.3, 0.4) is 0 Å². The lowest BCUT2D eigenvalue weighted by molar-refractivity contribution is -0.0605. The van der Waals surface area contributed by atoms with Crippen molar-refractivity contribution in [1.82, 2.24) is 0 Å². The van der Waals surface area contributed by atoms with Crippen LogP contribution in [0, 0.1) is 5.92 Å². The molecule has 1 aliphatic carbocycles. The minimum absolute atomic E-state index is 0.383. The van der Waals surface area contributed by atoms with Crippen LogP contribution in [0.5, 0.6) is 0 Å². The predicted molar refractivity (Wildman–Crippen MR) is 58.3 cm³/mol. The van der Waals surface area contributed by atoms with Gasteiger partial charge in [0.2, 0.25) is 0 Å². The van der Waals surface area contributed by atoms with Crippen molar-refractivity contribution in [1.29, 1.82) is 0 Å². The van der Waals surface area contributed by atoms with Gasteiger partial charge in [0.25, 0.3) is 0 Å². The van der Waals surface area contributed by atoms with Crippen molar-refractivity contribution in [3.63, 3.8) is 0 Å². The Labute approximate surface area is 87.7 Å². The molecule has 1 rings (SSSR count). The van der Waals surface area contributed by atoms with Gasteiger partial charge in [-0.3, -0.25) is 0 Å². The van der Waals surface area contributed by atoms with Crippen molar-refractivity contribution >= 4 is 0 Å². The van der Waals surface area contributed by atoms with Crippen LogP contribution in [0.2, 0.25) is 0 Å². The van der Waals surface area contributed by atoms with Crippen LogP contribution in [0.1, 0.15) is 51.9 Å². The molecule has 0 heterocycles. The third kappa shape index (κ3) is 2.96. The third-order valence-electron chi connectivity index (χ3n) is 3.62. The average molecular weight is 200 g/mol. The fourth-order valence-electron chi connectivity index (χ4n) is 2.73. The Bertz CT molecular complexity index is 158. The normalized spacial score (nSPS) is 33.2. The Kier molecular flexibility index (Phi) is 4.90. The van der Waals surface area contributed by atoms with Gasteiger partial charge in [-0.1, -0.05) is 26.2 Å². The molecule has 1 saturated carbocycles. The summed E-state index contributed by atoms with van der Waals surface area (Å²) in [6.07, 6.45) is 7.71. The summed E-state index contributed by atoms with van der Waals surface area (Å²) in [6.45, 7) is 2.97. The molecule has 1 N–H and O–H groups in total. The van der Waals surface area contributed by atoms with Gasteiger partial charge in [0.05, 0.1) is 5.60 Å². The molecule has 0 amide bonds. The molecule has 84 valence electrons. The molecule has 2 unspecified atom stereocenters. The maximum absolute atomic E-state index is 10.5. The van der Waals surface area contributed by atoms with Gasteiger partial charge in [0, 0.05) is 13.7 Å². The highest BCUT2D eigenvalue weighted by Crippen LogP contribution is 2.38. The fourth-order valence-corrected chi connectivity index (χ4v) is 2.73. The van der Waals surface area contributed by atoms with E-state index >= 15 is 0 Å². The van der Waals surface area contributed by atoms with Gasteiger partial charge in [-0.2, -0.15) is 0 Å². The van der Waals surface area contributed by atoms with Crippen LogP contribution < -0.4 is 0 Å². The van der Waals surface area contributed by atoms with Crippen LogP contribution in [-0.2, 0) is 4.74 Å². The molecule has 0 saturated heterocycles. The molecule has 0 aromatic heterocycles. The summed E-state index contributed by atoms with van der Waals surface area (Å²) < 4.78 is 5.04. The van der Waals surface area contributed by atoms with Gasteiger partial charge in [0.15, 0.2) is 0 Å². The van der Waals surface area contributed by atoms with E-state index in [9.17, 15) is 5.11 Å². The Hall–Kier alpha value is -0.0800. The van der Waals surface area contributed by atoms with Gasteiger partial charge in [0.1, 0.15) is 0 Å². The molecule has 0 aromatic carbocycles. The number of rotatable bonds is 5. The number of ether oxygens (including phenoxy) is 1. The summed E-state index contributed by atoms with van der Waals surface area (Å²) in [6, 6.07) is 0. The summed E-state index contributed by atoms with van der Waals surface area (Å²) in [5.41, 5.74) is -0.383. The number of hydrogen-bond donors (Lipinski definition) is 1. The lowest BCUT2D eigenvalue weighted by Gasteiger charge is -2.40. The summed E-state index contributed by atoms with van der Waals surface area (Å²) >= 11 is 0. The first kappa shape index (κ1) is 12.0. The number of aliphatic hydroxyl groups is 1. The quantitative estimate of drug-likeness (QED) is 0.691. The van der Waals surface area contributed by atoms with E-state index in [4.69, 9.17) is 4.74 Å². The van der Waals surface area contributed by atoms with E-state index in [1.165, 1.54) is 19.3 Å². The summed E-state index contributed by atoms with van der Waals surface area (Å²) in [4.78, 5) is 0. The second-order valence-corrected chi connectivity index (χ2v) is 4.55. The molecule has 0 spiro atoms. The average Bonchev–Trinajstić information content (AvgIpc) is 2.19. The Morgan fingerprint density at radius 2 is 2.21 bits per heavy atom. The van der Waals surface area contributed by atoms with Gasteiger partial charge >= 0.3 is 0 Å². The first-order valence-corrected chi connectivity index (χ1v) is 5.94. The highest BCUT2D eigenvalue weighted by atomic mass is 16.5. The van der Waals surface area contributed by atoms with Crippen molar-refractivity contribution in [2.75, 3.05) is 13.7 Å². The standard InChI is InChI=1S/C12H24O2/c1-3-11-7-4-5-8-12(11,13)9-6-10-14-2/h11,13H,3-10H2,1-2H3.